The third-order valence-electron chi connectivity index (χ3n) is 4.17. The molecular weight excluding hydrogens is 335 g/mol. The van der Waals surface area contributed by atoms with Crippen LogP contribution in [-0.4, -0.2) is 69.4 Å². The van der Waals surface area contributed by atoms with Crippen molar-refractivity contribution in [1.82, 2.24) is 9.80 Å². The third kappa shape index (κ3) is 7.73. The topological polar surface area (TPSA) is 24.9 Å². The Bertz CT molecular complexity index is 415. The van der Waals surface area contributed by atoms with Crippen LogP contribution in [0.5, 0.6) is 5.75 Å². The largest absolute Gasteiger partial charge is 0.496 e. The average molecular weight is 365 g/mol. The Balaban J connectivity index is 0.00000242. The summed E-state index contributed by atoms with van der Waals surface area (Å²) in [5.74, 6) is 1.00. The molecule has 2 rings (SSSR count). The van der Waals surface area contributed by atoms with Crippen LogP contribution in [0, 0.1) is 0 Å². The average Bonchev–Trinajstić information content (AvgIpc) is 2.56. The maximum absolute atomic E-state index is 5.43. The SMILES string of the molecule is CCN(CCc1ccccc1OC)CCN1CCOCC1.Cl.Cl. The molecular formula is C17H30Cl2N2O2. The Kier molecular flexibility index (Phi) is 12.6. The van der Waals surface area contributed by atoms with Crippen LogP contribution in [0.25, 0.3) is 0 Å². The molecule has 1 aromatic carbocycles. The highest BCUT2D eigenvalue weighted by atomic mass is 35.5. The molecule has 1 saturated heterocycles. The Hall–Kier alpha value is -0.520. The molecule has 4 nitrogen and oxygen atoms in total. The van der Waals surface area contributed by atoms with E-state index in [2.05, 4.69) is 28.9 Å². The normalized spacial score (nSPS) is 14.9. The van der Waals surface area contributed by atoms with Crippen molar-refractivity contribution in [3.05, 3.63) is 29.8 Å². The fraction of sp³-hybridized carbons (Fsp3) is 0.647. The summed E-state index contributed by atoms with van der Waals surface area (Å²) in [5, 5.41) is 0. The zero-order valence-corrected chi connectivity index (χ0v) is 15.8. The lowest BCUT2D eigenvalue weighted by atomic mass is 10.1. The summed E-state index contributed by atoms with van der Waals surface area (Å²) < 4.78 is 10.8. The molecule has 0 aromatic heterocycles. The van der Waals surface area contributed by atoms with Crippen molar-refractivity contribution >= 4 is 24.8 Å². The van der Waals surface area contributed by atoms with Crippen LogP contribution in [0.15, 0.2) is 24.3 Å². The molecule has 0 radical (unpaired) electrons. The Labute approximate surface area is 152 Å². The highest BCUT2D eigenvalue weighted by Crippen LogP contribution is 2.17. The van der Waals surface area contributed by atoms with Crippen molar-refractivity contribution in [2.75, 3.05) is 59.6 Å². The minimum atomic E-state index is 0. The summed E-state index contributed by atoms with van der Waals surface area (Å²) in [5.41, 5.74) is 1.30. The number of ether oxygens (including phenoxy) is 2. The summed E-state index contributed by atoms with van der Waals surface area (Å²) in [6.45, 7) is 10.6. The number of likely N-dealkylation sites (N-methyl/N-ethyl adjacent to an activating group) is 1. The Morgan fingerprint density at radius 2 is 1.83 bits per heavy atom. The van der Waals surface area contributed by atoms with Crippen LogP contribution in [0.3, 0.4) is 0 Å². The van der Waals surface area contributed by atoms with Crippen molar-refractivity contribution in [3.63, 3.8) is 0 Å². The number of hydrogen-bond donors (Lipinski definition) is 0. The Morgan fingerprint density at radius 3 is 2.48 bits per heavy atom. The summed E-state index contributed by atoms with van der Waals surface area (Å²) in [6.07, 6.45) is 1.04. The van der Waals surface area contributed by atoms with Gasteiger partial charge in [0.05, 0.1) is 20.3 Å². The van der Waals surface area contributed by atoms with Crippen molar-refractivity contribution < 1.29 is 9.47 Å². The highest BCUT2D eigenvalue weighted by molar-refractivity contribution is 5.85. The number of hydrogen-bond acceptors (Lipinski definition) is 4. The first kappa shape index (κ1) is 22.5. The lowest BCUT2D eigenvalue weighted by molar-refractivity contribution is 0.0336. The molecule has 1 fully saturated rings. The van der Waals surface area contributed by atoms with E-state index in [4.69, 9.17) is 9.47 Å². The minimum Gasteiger partial charge on any atom is -0.496 e. The number of methoxy groups -OCH3 is 1. The molecule has 0 N–H and O–H groups in total. The summed E-state index contributed by atoms with van der Waals surface area (Å²) >= 11 is 0. The second kappa shape index (κ2) is 12.8. The molecule has 23 heavy (non-hydrogen) atoms. The lowest BCUT2D eigenvalue weighted by Gasteiger charge is -2.29. The van der Waals surface area contributed by atoms with Crippen molar-refractivity contribution in [2.45, 2.75) is 13.3 Å². The molecule has 0 saturated carbocycles. The van der Waals surface area contributed by atoms with Gasteiger partial charge in [-0.2, -0.15) is 0 Å². The van der Waals surface area contributed by atoms with Crippen molar-refractivity contribution in [3.8, 4) is 5.75 Å². The van der Waals surface area contributed by atoms with Crippen molar-refractivity contribution in [2.24, 2.45) is 0 Å². The third-order valence-corrected chi connectivity index (χ3v) is 4.17. The maximum Gasteiger partial charge on any atom is 0.122 e. The van der Waals surface area contributed by atoms with Gasteiger partial charge in [-0.15, -0.1) is 24.8 Å². The van der Waals surface area contributed by atoms with Gasteiger partial charge >= 0.3 is 0 Å². The zero-order valence-electron chi connectivity index (χ0n) is 14.2. The fourth-order valence-electron chi connectivity index (χ4n) is 2.72. The highest BCUT2D eigenvalue weighted by Gasteiger charge is 2.12. The van der Waals surface area contributed by atoms with Gasteiger partial charge < -0.3 is 14.4 Å². The second-order valence-electron chi connectivity index (χ2n) is 5.45. The van der Waals surface area contributed by atoms with Gasteiger partial charge in [-0.25, -0.2) is 0 Å². The van der Waals surface area contributed by atoms with E-state index < -0.39 is 0 Å². The standard InChI is InChI=1S/C17H28N2O2.2ClH/c1-3-18(10-11-19-12-14-21-15-13-19)9-8-16-6-4-5-7-17(16)20-2;;/h4-7H,3,8-15H2,1-2H3;2*1H. The lowest BCUT2D eigenvalue weighted by Crippen LogP contribution is -2.41. The number of para-hydroxylation sites is 1. The number of halogens is 2. The van der Waals surface area contributed by atoms with Gasteiger partial charge in [-0.05, 0) is 24.6 Å². The molecule has 1 aromatic rings. The van der Waals surface area contributed by atoms with Gasteiger partial charge in [-0.1, -0.05) is 25.1 Å². The summed E-state index contributed by atoms with van der Waals surface area (Å²) in [4.78, 5) is 5.01. The first-order valence-electron chi connectivity index (χ1n) is 7.98. The van der Waals surface area contributed by atoms with Crippen LogP contribution in [0.1, 0.15) is 12.5 Å². The number of benzene rings is 1. The fourth-order valence-corrected chi connectivity index (χ4v) is 2.72. The molecule has 1 aliphatic rings. The van der Waals surface area contributed by atoms with E-state index in [0.29, 0.717) is 0 Å². The molecule has 1 aliphatic heterocycles. The van der Waals surface area contributed by atoms with Gasteiger partial charge in [0.25, 0.3) is 0 Å². The van der Waals surface area contributed by atoms with Gasteiger partial charge in [0.1, 0.15) is 5.75 Å². The molecule has 0 bridgehead atoms. The molecule has 0 unspecified atom stereocenters. The predicted octanol–water partition coefficient (Wildman–Crippen LogP) is 2.74. The summed E-state index contributed by atoms with van der Waals surface area (Å²) in [7, 11) is 1.74. The number of rotatable bonds is 8. The molecule has 0 amide bonds. The van der Waals surface area contributed by atoms with E-state index in [1.807, 2.05) is 12.1 Å². The van der Waals surface area contributed by atoms with Gasteiger partial charge in [0, 0.05) is 32.7 Å². The van der Waals surface area contributed by atoms with E-state index in [1.54, 1.807) is 7.11 Å². The van der Waals surface area contributed by atoms with Gasteiger partial charge in [0.15, 0.2) is 0 Å². The van der Waals surface area contributed by atoms with E-state index in [9.17, 15) is 0 Å². The molecule has 134 valence electrons. The first-order valence-corrected chi connectivity index (χ1v) is 7.98. The van der Waals surface area contributed by atoms with Crippen LogP contribution < -0.4 is 4.74 Å². The monoisotopic (exact) mass is 364 g/mol. The molecule has 0 atom stereocenters. The van der Waals surface area contributed by atoms with E-state index >= 15 is 0 Å². The van der Waals surface area contributed by atoms with Crippen LogP contribution >= 0.6 is 24.8 Å². The molecule has 6 heteroatoms. The molecule has 0 aliphatic carbocycles. The smallest absolute Gasteiger partial charge is 0.122 e. The van der Waals surface area contributed by atoms with Crippen LogP contribution in [0.2, 0.25) is 0 Å². The minimum absolute atomic E-state index is 0. The predicted molar refractivity (Wildman–Crippen MR) is 101 cm³/mol. The Morgan fingerprint density at radius 1 is 1.13 bits per heavy atom. The van der Waals surface area contributed by atoms with Crippen LogP contribution in [0.4, 0.5) is 0 Å². The quantitative estimate of drug-likeness (QED) is 0.707. The van der Waals surface area contributed by atoms with E-state index in [0.717, 1.165) is 64.7 Å². The summed E-state index contributed by atoms with van der Waals surface area (Å²) in [6, 6.07) is 8.31. The van der Waals surface area contributed by atoms with Gasteiger partial charge in [-0.3, -0.25) is 4.90 Å². The van der Waals surface area contributed by atoms with E-state index in [1.165, 1.54) is 5.56 Å². The molecule has 1 heterocycles. The van der Waals surface area contributed by atoms with Crippen molar-refractivity contribution in [1.29, 1.82) is 0 Å². The second-order valence-corrected chi connectivity index (χ2v) is 5.45. The molecule has 0 spiro atoms. The van der Waals surface area contributed by atoms with Gasteiger partial charge in [0.2, 0.25) is 0 Å². The number of morpholine rings is 1. The maximum atomic E-state index is 5.43. The first-order chi connectivity index (χ1) is 10.3. The number of nitrogens with zero attached hydrogens (tertiary/aromatic N) is 2. The van der Waals surface area contributed by atoms with E-state index in [-0.39, 0.29) is 24.8 Å². The zero-order chi connectivity index (χ0) is 14.9. The van der Waals surface area contributed by atoms with Crippen LogP contribution in [-0.2, 0) is 11.2 Å².